The first kappa shape index (κ1) is 17.3. The second-order valence-electron chi connectivity index (χ2n) is 6.46. The van der Waals surface area contributed by atoms with Crippen LogP contribution >= 0.6 is 0 Å². The summed E-state index contributed by atoms with van der Waals surface area (Å²) in [5.74, 6) is -0.670. The fourth-order valence-electron chi connectivity index (χ4n) is 3.16. The molecule has 0 spiro atoms. The maximum atomic E-state index is 13.1. The van der Waals surface area contributed by atoms with E-state index in [-0.39, 0.29) is 23.2 Å². The molecule has 1 amide bonds. The molecule has 0 unspecified atom stereocenters. The second kappa shape index (κ2) is 8.05. The number of hydrogen-bond donors (Lipinski definition) is 1. The number of nitrogens with one attached hydrogen (secondary N) is 1. The molecule has 1 aromatic carbocycles. The molecule has 1 aromatic heterocycles. The van der Waals surface area contributed by atoms with Crippen LogP contribution < -0.4 is 10.9 Å². The average Bonchev–Trinajstić information content (AvgIpc) is 2.58. The number of halogens is 1. The molecule has 1 aliphatic carbocycles. The van der Waals surface area contributed by atoms with Gasteiger partial charge < -0.3 is 5.32 Å². The molecule has 0 bridgehead atoms. The van der Waals surface area contributed by atoms with Crippen LogP contribution in [-0.4, -0.2) is 21.7 Å². The van der Waals surface area contributed by atoms with E-state index in [9.17, 15) is 14.0 Å². The minimum atomic E-state index is -0.394. The highest BCUT2D eigenvalue weighted by Gasteiger charge is 2.17. The third-order valence-corrected chi connectivity index (χ3v) is 4.54. The third-order valence-electron chi connectivity index (χ3n) is 4.54. The molecule has 1 fully saturated rings. The molecule has 5 nitrogen and oxygen atoms in total. The number of carbonyl (C=O) groups excluding carboxylic acids is 1. The van der Waals surface area contributed by atoms with E-state index in [1.165, 1.54) is 55.7 Å². The van der Waals surface area contributed by atoms with Crippen molar-refractivity contribution in [3.05, 3.63) is 58.3 Å². The van der Waals surface area contributed by atoms with Crippen molar-refractivity contribution in [2.45, 2.75) is 51.0 Å². The van der Waals surface area contributed by atoms with Crippen molar-refractivity contribution in [2.75, 3.05) is 0 Å². The fourth-order valence-corrected chi connectivity index (χ4v) is 3.16. The molecular weight excluding hydrogens is 321 g/mol. The van der Waals surface area contributed by atoms with Gasteiger partial charge in [-0.25, -0.2) is 4.39 Å². The van der Waals surface area contributed by atoms with Crippen LogP contribution in [0.2, 0.25) is 0 Å². The molecule has 1 aliphatic rings. The Labute approximate surface area is 145 Å². The van der Waals surface area contributed by atoms with Gasteiger partial charge in [-0.2, -0.15) is 9.78 Å². The summed E-state index contributed by atoms with van der Waals surface area (Å²) in [6.07, 6.45) is 7.87. The van der Waals surface area contributed by atoms with Crippen LogP contribution in [0.4, 0.5) is 4.39 Å². The summed E-state index contributed by atoms with van der Waals surface area (Å²) in [7, 11) is 0. The number of benzene rings is 1. The first-order valence-corrected chi connectivity index (χ1v) is 8.81. The van der Waals surface area contributed by atoms with Gasteiger partial charge >= 0.3 is 0 Å². The van der Waals surface area contributed by atoms with E-state index in [0.29, 0.717) is 5.69 Å². The fraction of sp³-hybridized carbons (Fsp3) is 0.421. The summed E-state index contributed by atoms with van der Waals surface area (Å²) < 4.78 is 14.2. The summed E-state index contributed by atoms with van der Waals surface area (Å²) in [4.78, 5) is 24.5. The van der Waals surface area contributed by atoms with Crippen LogP contribution in [0.1, 0.15) is 55.4 Å². The van der Waals surface area contributed by atoms with E-state index in [1.54, 1.807) is 0 Å². The Morgan fingerprint density at radius 3 is 2.32 bits per heavy atom. The van der Waals surface area contributed by atoms with Gasteiger partial charge in [0, 0.05) is 12.1 Å². The summed E-state index contributed by atoms with van der Waals surface area (Å²) >= 11 is 0. The van der Waals surface area contributed by atoms with Gasteiger partial charge in [-0.3, -0.25) is 9.59 Å². The highest BCUT2D eigenvalue weighted by atomic mass is 19.1. The molecule has 2 aromatic rings. The lowest BCUT2D eigenvalue weighted by Gasteiger charge is -2.20. The molecular formula is C19H22FN3O2. The molecule has 6 heteroatoms. The van der Waals surface area contributed by atoms with E-state index in [2.05, 4.69) is 10.4 Å². The highest BCUT2D eigenvalue weighted by molar-refractivity contribution is 5.92. The molecule has 0 saturated heterocycles. The molecule has 132 valence electrons. The lowest BCUT2D eigenvalue weighted by molar-refractivity contribution is 0.0923. The molecule has 1 saturated carbocycles. The Balaban J connectivity index is 1.77. The van der Waals surface area contributed by atoms with Gasteiger partial charge in [-0.05, 0) is 43.2 Å². The number of rotatable bonds is 3. The van der Waals surface area contributed by atoms with Crippen molar-refractivity contribution >= 4 is 5.91 Å². The predicted molar refractivity (Wildman–Crippen MR) is 93.4 cm³/mol. The number of hydrogen-bond acceptors (Lipinski definition) is 3. The smallest absolute Gasteiger partial charge is 0.271 e. The van der Waals surface area contributed by atoms with Crippen molar-refractivity contribution in [1.29, 1.82) is 0 Å². The summed E-state index contributed by atoms with van der Waals surface area (Å²) in [5, 5.41) is 7.18. The van der Waals surface area contributed by atoms with E-state index in [1.807, 2.05) is 0 Å². The molecule has 25 heavy (non-hydrogen) atoms. The van der Waals surface area contributed by atoms with Gasteiger partial charge in [0.25, 0.3) is 11.5 Å². The van der Waals surface area contributed by atoms with Crippen molar-refractivity contribution in [3.63, 3.8) is 0 Å². The van der Waals surface area contributed by atoms with Crippen LogP contribution in [0.5, 0.6) is 0 Å². The minimum Gasteiger partial charge on any atom is -0.348 e. The molecule has 3 rings (SSSR count). The molecule has 0 radical (unpaired) electrons. The van der Waals surface area contributed by atoms with Gasteiger partial charge in [0.05, 0.1) is 5.69 Å². The predicted octanol–water partition coefficient (Wildman–Crippen LogP) is 3.21. The van der Waals surface area contributed by atoms with Gasteiger partial charge in [0.15, 0.2) is 0 Å². The van der Waals surface area contributed by atoms with Crippen LogP contribution in [0, 0.1) is 5.82 Å². The Hall–Kier alpha value is -2.50. The van der Waals surface area contributed by atoms with Gasteiger partial charge in [0.1, 0.15) is 11.5 Å². The third kappa shape index (κ3) is 4.53. The SMILES string of the molecule is O=C(NC1CCCCCCC1)c1ccc(=O)n(-c2ccc(F)cc2)n1. The summed E-state index contributed by atoms with van der Waals surface area (Å²) in [6.45, 7) is 0. The monoisotopic (exact) mass is 343 g/mol. The topological polar surface area (TPSA) is 64.0 Å². The molecule has 0 aliphatic heterocycles. The van der Waals surface area contributed by atoms with Crippen molar-refractivity contribution in [3.8, 4) is 5.69 Å². The Kier molecular flexibility index (Phi) is 5.58. The van der Waals surface area contributed by atoms with Crippen LogP contribution in [0.25, 0.3) is 5.69 Å². The van der Waals surface area contributed by atoms with Gasteiger partial charge in [0.2, 0.25) is 0 Å². The van der Waals surface area contributed by atoms with Gasteiger partial charge in [-0.1, -0.05) is 32.1 Å². The summed E-state index contributed by atoms with van der Waals surface area (Å²) in [6, 6.07) is 8.32. The largest absolute Gasteiger partial charge is 0.348 e. The van der Waals surface area contributed by atoms with Crippen LogP contribution in [0.3, 0.4) is 0 Å². The quantitative estimate of drug-likeness (QED) is 0.931. The maximum absolute atomic E-state index is 13.1. The molecule has 1 N–H and O–H groups in total. The standard InChI is InChI=1S/C19H22FN3O2/c20-14-8-10-16(11-9-14)23-18(24)13-12-17(22-23)19(25)21-15-6-4-2-1-3-5-7-15/h8-13,15H,1-7H2,(H,21,25). The Morgan fingerprint density at radius 2 is 1.64 bits per heavy atom. The molecule has 0 atom stereocenters. The Morgan fingerprint density at radius 1 is 1.00 bits per heavy atom. The minimum absolute atomic E-state index is 0.154. The lowest BCUT2D eigenvalue weighted by atomic mass is 9.96. The van der Waals surface area contributed by atoms with Crippen LogP contribution in [-0.2, 0) is 0 Å². The van der Waals surface area contributed by atoms with Gasteiger partial charge in [-0.15, -0.1) is 0 Å². The van der Waals surface area contributed by atoms with Crippen molar-refractivity contribution < 1.29 is 9.18 Å². The molecule has 1 heterocycles. The van der Waals surface area contributed by atoms with Crippen molar-refractivity contribution in [2.24, 2.45) is 0 Å². The Bertz CT molecular complexity index is 778. The zero-order valence-electron chi connectivity index (χ0n) is 14.1. The van der Waals surface area contributed by atoms with Crippen molar-refractivity contribution in [1.82, 2.24) is 15.1 Å². The summed E-state index contributed by atoms with van der Waals surface area (Å²) in [5.41, 5.74) is 0.243. The maximum Gasteiger partial charge on any atom is 0.271 e. The zero-order valence-corrected chi connectivity index (χ0v) is 14.1. The lowest BCUT2D eigenvalue weighted by Crippen LogP contribution is -2.37. The number of aromatic nitrogens is 2. The highest BCUT2D eigenvalue weighted by Crippen LogP contribution is 2.17. The van der Waals surface area contributed by atoms with Crippen LogP contribution in [0.15, 0.2) is 41.2 Å². The first-order chi connectivity index (χ1) is 12.1. The average molecular weight is 343 g/mol. The normalized spacial score (nSPS) is 16.0. The van der Waals surface area contributed by atoms with E-state index in [4.69, 9.17) is 0 Å². The number of carbonyl (C=O) groups is 1. The zero-order chi connectivity index (χ0) is 17.6. The van der Waals surface area contributed by atoms with E-state index in [0.717, 1.165) is 30.4 Å². The van der Waals surface area contributed by atoms with E-state index < -0.39 is 5.82 Å². The first-order valence-electron chi connectivity index (χ1n) is 8.81. The van der Waals surface area contributed by atoms with E-state index >= 15 is 0 Å². The second-order valence-corrected chi connectivity index (χ2v) is 6.46. The number of amides is 1. The number of nitrogens with zero attached hydrogens (tertiary/aromatic N) is 2.